The first-order valence-electron chi connectivity index (χ1n) is 13.0. The quantitative estimate of drug-likeness (QED) is 0.447. The average Bonchev–Trinajstić information content (AvgIpc) is 3.48. The highest BCUT2D eigenvalue weighted by Crippen LogP contribution is 2.42. The maximum atomic E-state index is 13.5. The van der Waals surface area contributed by atoms with E-state index >= 15 is 0 Å². The third kappa shape index (κ3) is 5.32. The summed E-state index contributed by atoms with van der Waals surface area (Å²) in [6.45, 7) is 6.15. The van der Waals surface area contributed by atoms with Gasteiger partial charge in [0.25, 0.3) is 5.91 Å². The molecule has 2 heterocycles. The SMILES string of the molecule is CCOc1cc(CN2CC[C@H]3C(NC(=O)c4ccnc(C)c4)CC[C@H]32)cc(OC)c1-c1ccc(F)cc1. The topological polar surface area (TPSA) is 63.7 Å². The van der Waals surface area contributed by atoms with Gasteiger partial charge in [0.15, 0.2) is 0 Å². The summed E-state index contributed by atoms with van der Waals surface area (Å²) in [7, 11) is 1.66. The summed E-state index contributed by atoms with van der Waals surface area (Å²) >= 11 is 0. The molecule has 0 bridgehead atoms. The van der Waals surface area contributed by atoms with Crippen molar-refractivity contribution in [2.24, 2.45) is 5.92 Å². The van der Waals surface area contributed by atoms with Crippen LogP contribution in [0.1, 0.15) is 47.8 Å². The van der Waals surface area contributed by atoms with Crippen molar-refractivity contribution in [3.8, 4) is 22.6 Å². The number of hydrogen-bond acceptors (Lipinski definition) is 5. The van der Waals surface area contributed by atoms with Crippen LogP contribution in [-0.4, -0.2) is 48.1 Å². The molecule has 2 aliphatic rings. The van der Waals surface area contributed by atoms with Gasteiger partial charge in [0.1, 0.15) is 17.3 Å². The zero-order valence-corrected chi connectivity index (χ0v) is 21.7. The highest BCUT2D eigenvalue weighted by molar-refractivity contribution is 5.94. The zero-order chi connectivity index (χ0) is 25.9. The maximum Gasteiger partial charge on any atom is 0.251 e. The fourth-order valence-corrected chi connectivity index (χ4v) is 5.99. The average molecular weight is 504 g/mol. The van der Waals surface area contributed by atoms with E-state index in [4.69, 9.17) is 9.47 Å². The number of aromatic nitrogens is 1. The van der Waals surface area contributed by atoms with Gasteiger partial charge in [-0.25, -0.2) is 4.39 Å². The number of nitrogens with one attached hydrogen (secondary N) is 1. The lowest BCUT2D eigenvalue weighted by atomic mass is 9.99. The molecular weight excluding hydrogens is 469 g/mol. The van der Waals surface area contributed by atoms with Crippen LogP contribution >= 0.6 is 0 Å². The lowest BCUT2D eigenvalue weighted by molar-refractivity contribution is 0.0926. The number of rotatable bonds is 8. The summed E-state index contributed by atoms with van der Waals surface area (Å²) in [4.78, 5) is 19.6. The Kier molecular flexibility index (Phi) is 7.42. The molecule has 1 unspecified atom stereocenters. The molecule has 1 aliphatic heterocycles. The van der Waals surface area contributed by atoms with Crippen LogP contribution in [0.4, 0.5) is 4.39 Å². The van der Waals surface area contributed by atoms with Crippen LogP contribution in [0.25, 0.3) is 11.1 Å². The van der Waals surface area contributed by atoms with E-state index in [1.807, 2.05) is 19.9 Å². The molecule has 1 aromatic heterocycles. The van der Waals surface area contributed by atoms with Crippen molar-refractivity contribution in [1.29, 1.82) is 0 Å². The van der Waals surface area contributed by atoms with E-state index < -0.39 is 0 Å². The molecule has 3 aromatic rings. The van der Waals surface area contributed by atoms with Gasteiger partial charge >= 0.3 is 0 Å². The number of carbonyl (C=O) groups excluding carboxylic acids is 1. The number of amides is 1. The van der Waals surface area contributed by atoms with Crippen molar-refractivity contribution in [3.63, 3.8) is 0 Å². The summed E-state index contributed by atoms with van der Waals surface area (Å²) in [6.07, 6.45) is 4.80. The number of ether oxygens (including phenoxy) is 2. The van der Waals surface area contributed by atoms with E-state index in [1.165, 1.54) is 12.1 Å². The first-order chi connectivity index (χ1) is 18.0. The first kappa shape index (κ1) is 25.2. The second kappa shape index (κ2) is 10.9. The van der Waals surface area contributed by atoms with Crippen molar-refractivity contribution in [1.82, 2.24) is 15.2 Å². The molecule has 194 valence electrons. The predicted molar refractivity (Wildman–Crippen MR) is 141 cm³/mol. The molecule has 0 radical (unpaired) electrons. The van der Waals surface area contributed by atoms with E-state index in [9.17, 15) is 9.18 Å². The molecule has 1 saturated carbocycles. The number of methoxy groups -OCH3 is 1. The van der Waals surface area contributed by atoms with Crippen LogP contribution in [-0.2, 0) is 6.54 Å². The number of carbonyl (C=O) groups is 1. The Hall–Kier alpha value is -3.45. The van der Waals surface area contributed by atoms with E-state index in [1.54, 1.807) is 31.5 Å². The predicted octanol–water partition coefficient (Wildman–Crippen LogP) is 5.39. The minimum absolute atomic E-state index is 0.0166. The fourth-order valence-electron chi connectivity index (χ4n) is 5.99. The normalized spacial score (nSPS) is 21.0. The molecular formula is C30H34FN3O3. The summed E-state index contributed by atoms with van der Waals surface area (Å²) < 4.78 is 25.3. The third-order valence-electron chi connectivity index (χ3n) is 7.64. The molecule has 0 spiro atoms. The number of halogens is 1. The Labute approximate surface area is 217 Å². The number of nitrogens with zero attached hydrogens (tertiary/aromatic N) is 2. The molecule has 5 rings (SSSR count). The molecule has 1 N–H and O–H groups in total. The molecule has 2 aromatic carbocycles. The van der Waals surface area contributed by atoms with Crippen molar-refractivity contribution >= 4 is 5.91 Å². The van der Waals surface area contributed by atoms with Crippen LogP contribution in [0.15, 0.2) is 54.7 Å². The summed E-state index contributed by atoms with van der Waals surface area (Å²) in [5.41, 5.74) is 4.32. The zero-order valence-electron chi connectivity index (χ0n) is 21.7. The minimum atomic E-state index is -0.275. The van der Waals surface area contributed by atoms with Crippen molar-refractivity contribution in [3.05, 3.63) is 77.4 Å². The Morgan fingerprint density at radius 2 is 1.89 bits per heavy atom. The van der Waals surface area contributed by atoms with Crippen LogP contribution in [0.5, 0.6) is 11.5 Å². The van der Waals surface area contributed by atoms with E-state index in [0.717, 1.165) is 60.5 Å². The second-order valence-electron chi connectivity index (χ2n) is 9.94. The van der Waals surface area contributed by atoms with Crippen molar-refractivity contribution in [2.75, 3.05) is 20.3 Å². The van der Waals surface area contributed by atoms with Gasteiger partial charge in [0.05, 0.1) is 19.3 Å². The second-order valence-corrected chi connectivity index (χ2v) is 9.94. The van der Waals surface area contributed by atoms with Gasteiger partial charge in [-0.3, -0.25) is 14.7 Å². The first-order valence-corrected chi connectivity index (χ1v) is 13.0. The molecule has 1 amide bonds. The third-order valence-corrected chi connectivity index (χ3v) is 7.64. The molecule has 7 heteroatoms. The van der Waals surface area contributed by atoms with E-state index in [0.29, 0.717) is 29.9 Å². The van der Waals surface area contributed by atoms with Crippen LogP contribution in [0.3, 0.4) is 0 Å². The van der Waals surface area contributed by atoms with Gasteiger partial charge in [0, 0.05) is 36.1 Å². The minimum Gasteiger partial charge on any atom is -0.496 e. The largest absolute Gasteiger partial charge is 0.496 e. The number of hydrogen-bond donors (Lipinski definition) is 1. The van der Waals surface area contributed by atoms with Gasteiger partial charge in [-0.15, -0.1) is 0 Å². The standard InChI is InChI=1S/C30H34FN3O3/c1-4-37-28-17-20(16-27(36-3)29(28)21-5-7-23(31)8-6-21)18-34-14-12-24-25(9-10-26(24)34)33-30(35)22-11-13-32-19(2)15-22/h5-8,11,13,15-17,24-26H,4,9-10,12,14,18H2,1-3H3,(H,33,35)/t24-,25?,26+/m0/s1. The number of pyridine rings is 1. The van der Waals surface area contributed by atoms with Gasteiger partial charge < -0.3 is 14.8 Å². The number of likely N-dealkylation sites (tertiary alicyclic amines) is 1. The highest BCUT2D eigenvalue weighted by atomic mass is 19.1. The molecule has 1 saturated heterocycles. The fraction of sp³-hybridized carbons (Fsp3) is 0.400. The monoisotopic (exact) mass is 503 g/mol. The Bertz CT molecular complexity index is 1260. The molecule has 6 nitrogen and oxygen atoms in total. The van der Waals surface area contributed by atoms with Crippen LogP contribution in [0.2, 0.25) is 0 Å². The number of aryl methyl sites for hydroxylation is 1. The molecule has 2 fully saturated rings. The van der Waals surface area contributed by atoms with Gasteiger partial charge in [0.2, 0.25) is 0 Å². The van der Waals surface area contributed by atoms with Crippen molar-refractivity contribution in [2.45, 2.75) is 51.7 Å². The van der Waals surface area contributed by atoms with Gasteiger partial charge in [-0.05, 0) is 93.1 Å². The summed E-state index contributed by atoms with van der Waals surface area (Å²) in [6, 6.07) is 14.8. The van der Waals surface area contributed by atoms with Crippen LogP contribution < -0.4 is 14.8 Å². The van der Waals surface area contributed by atoms with E-state index in [-0.39, 0.29) is 17.8 Å². The molecule has 37 heavy (non-hydrogen) atoms. The summed E-state index contributed by atoms with van der Waals surface area (Å²) in [5, 5.41) is 3.29. The van der Waals surface area contributed by atoms with Crippen molar-refractivity contribution < 1.29 is 18.7 Å². The number of fused-ring (bicyclic) bond motifs is 1. The highest BCUT2D eigenvalue weighted by Gasteiger charge is 2.44. The smallest absolute Gasteiger partial charge is 0.251 e. The van der Waals surface area contributed by atoms with Gasteiger partial charge in [-0.1, -0.05) is 12.1 Å². The van der Waals surface area contributed by atoms with Gasteiger partial charge in [-0.2, -0.15) is 0 Å². The lowest BCUT2D eigenvalue weighted by Gasteiger charge is -2.25. The summed E-state index contributed by atoms with van der Waals surface area (Å²) in [5.74, 6) is 1.61. The Morgan fingerprint density at radius 1 is 1.11 bits per heavy atom. The molecule has 1 aliphatic carbocycles. The lowest BCUT2D eigenvalue weighted by Crippen LogP contribution is -2.39. The number of benzene rings is 2. The Balaban J connectivity index is 1.32. The van der Waals surface area contributed by atoms with E-state index in [2.05, 4.69) is 27.3 Å². The maximum absolute atomic E-state index is 13.5. The Morgan fingerprint density at radius 3 is 2.62 bits per heavy atom. The molecule has 3 atom stereocenters. The van der Waals surface area contributed by atoms with Crippen LogP contribution in [0, 0.1) is 18.7 Å².